The lowest BCUT2D eigenvalue weighted by Gasteiger charge is -1.94. The van der Waals surface area contributed by atoms with Gasteiger partial charge < -0.3 is 4.90 Å². The number of carbonyl (C=O) groups excluding carboxylic acids is 1. The van der Waals surface area contributed by atoms with Gasteiger partial charge in [-0.1, -0.05) is 36.4 Å². The van der Waals surface area contributed by atoms with Crippen LogP contribution in [-0.2, 0) is 0 Å². The molecule has 0 unspecified atom stereocenters. The second kappa shape index (κ2) is 5.94. The maximum absolute atomic E-state index is 11.6. The van der Waals surface area contributed by atoms with E-state index in [4.69, 9.17) is 0 Å². The molecule has 0 saturated carbocycles. The second-order valence-corrected chi connectivity index (χ2v) is 3.53. The predicted octanol–water partition coefficient (Wildman–Crippen LogP) is 1.08. The third-order valence-corrected chi connectivity index (χ3v) is 1.85. The van der Waals surface area contributed by atoms with E-state index in [0.717, 1.165) is 5.56 Å². The van der Waals surface area contributed by atoms with Gasteiger partial charge in [-0.3, -0.25) is 4.79 Å². The quantitative estimate of drug-likeness (QED) is 0.440. The molecule has 15 heavy (non-hydrogen) atoms. The molecule has 0 atom stereocenters. The van der Waals surface area contributed by atoms with Crippen LogP contribution in [0.1, 0.15) is 10.4 Å². The molecular formula is C13H16NO+. The molecule has 2 nitrogen and oxygen atoms in total. The van der Waals surface area contributed by atoms with Gasteiger partial charge in [0.05, 0.1) is 20.3 Å². The molecule has 0 aliphatic heterocycles. The number of hydrogen-bond acceptors (Lipinski definition) is 1. The van der Waals surface area contributed by atoms with Crippen LogP contribution in [0.3, 0.4) is 0 Å². The third-order valence-electron chi connectivity index (χ3n) is 1.85. The molecule has 0 bridgehead atoms. The number of rotatable bonds is 4. The zero-order valence-corrected chi connectivity index (χ0v) is 9.10. The van der Waals surface area contributed by atoms with Crippen LogP contribution in [0, 0.1) is 0 Å². The average molecular weight is 202 g/mol. The summed E-state index contributed by atoms with van der Waals surface area (Å²) in [5, 5.41) is 0. The van der Waals surface area contributed by atoms with Crippen LogP contribution in [0.2, 0.25) is 0 Å². The molecule has 0 fully saturated rings. The van der Waals surface area contributed by atoms with Crippen molar-refractivity contribution in [2.24, 2.45) is 0 Å². The molecule has 0 aliphatic carbocycles. The van der Waals surface area contributed by atoms with Crippen molar-refractivity contribution >= 4 is 5.78 Å². The van der Waals surface area contributed by atoms with E-state index in [9.17, 15) is 4.79 Å². The van der Waals surface area contributed by atoms with Crippen LogP contribution >= 0.6 is 0 Å². The SMILES string of the molecule is C[NH+](C)/C=C/C=C/C(=O)c1ccccc1. The normalized spacial score (nSPS) is 11.7. The van der Waals surface area contributed by atoms with E-state index in [1.165, 1.54) is 4.90 Å². The lowest BCUT2D eigenvalue weighted by atomic mass is 10.1. The van der Waals surface area contributed by atoms with E-state index < -0.39 is 0 Å². The first-order valence-corrected chi connectivity index (χ1v) is 4.94. The van der Waals surface area contributed by atoms with Crippen molar-refractivity contribution in [1.82, 2.24) is 0 Å². The van der Waals surface area contributed by atoms with Gasteiger partial charge in [-0.05, 0) is 12.2 Å². The fraction of sp³-hybridized carbons (Fsp3) is 0.154. The van der Waals surface area contributed by atoms with Gasteiger partial charge in [-0.25, -0.2) is 0 Å². The van der Waals surface area contributed by atoms with Gasteiger partial charge in [-0.2, -0.15) is 0 Å². The van der Waals surface area contributed by atoms with Gasteiger partial charge >= 0.3 is 0 Å². The number of ketones is 1. The molecule has 1 aromatic rings. The van der Waals surface area contributed by atoms with E-state index in [1.54, 1.807) is 12.2 Å². The van der Waals surface area contributed by atoms with Crippen LogP contribution in [0.4, 0.5) is 0 Å². The number of allylic oxidation sites excluding steroid dienone is 3. The molecule has 1 rings (SSSR count). The Morgan fingerprint density at radius 2 is 1.80 bits per heavy atom. The zero-order valence-electron chi connectivity index (χ0n) is 9.10. The first kappa shape index (κ1) is 11.4. The van der Waals surface area contributed by atoms with Gasteiger partial charge in [0.1, 0.15) is 0 Å². The Kier molecular flexibility index (Phi) is 4.51. The van der Waals surface area contributed by atoms with Crippen LogP contribution < -0.4 is 4.90 Å². The fourth-order valence-corrected chi connectivity index (χ4v) is 1.09. The maximum Gasteiger partial charge on any atom is 0.185 e. The van der Waals surface area contributed by atoms with E-state index in [-0.39, 0.29) is 5.78 Å². The molecule has 0 aromatic heterocycles. The summed E-state index contributed by atoms with van der Waals surface area (Å²) in [5.74, 6) is 0.0361. The summed E-state index contributed by atoms with van der Waals surface area (Å²) in [6.07, 6.45) is 7.18. The van der Waals surface area contributed by atoms with E-state index in [0.29, 0.717) is 0 Å². The molecule has 78 valence electrons. The van der Waals surface area contributed by atoms with E-state index in [1.807, 2.05) is 56.7 Å². The van der Waals surface area contributed by atoms with Gasteiger partial charge in [0.15, 0.2) is 5.78 Å². The summed E-state index contributed by atoms with van der Waals surface area (Å²) < 4.78 is 0. The van der Waals surface area contributed by atoms with Crippen LogP contribution in [0.25, 0.3) is 0 Å². The molecule has 0 radical (unpaired) electrons. The second-order valence-electron chi connectivity index (χ2n) is 3.53. The largest absolute Gasteiger partial charge is 0.314 e. The molecule has 0 saturated heterocycles. The predicted molar refractivity (Wildman–Crippen MR) is 61.9 cm³/mol. The van der Waals surface area contributed by atoms with Crippen molar-refractivity contribution < 1.29 is 9.69 Å². The fourth-order valence-electron chi connectivity index (χ4n) is 1.09. The minimum atomic E-state index is 0.0361. The smallest absolute Gasteiger partial charge is 0.185 e. The lowest BCUT2D eigenvalue weighted by molar-refractivity contribution is -0.801. The zero-order chi connectivity index (χ0) is 11.1. The van der Waals surface area contributed by atoms with Gasteiger partial charge in [0, 0.05) is 5.56 Å². The summed E-state index contributed by atoms with van der Waals surface area (Å²) in [6, 6.07) is 9.25. The van der Waals surface area contributed by atoms with Crippen LogP contribution in [0.5, 0.6) is 0 Å². The lowest BCUT2D eigenvalue weighted by Crippen LogP contribution is -3.00. The third kappa shape index (κ3) is 4.38. The Morgan fingerprint density at radius 1 is 1.13 bits per heavy atom. The maximum atomic E-state index is 11.6. The molecule has 2 heteroatoms. The number of carbonyl (C=O) groups is 1. The Bertz CT molecular complexity index is 363. The van der Waals surface area contributed by atoms with Gasteiger partial charge in [0.25, 0.3) is 0 Å². The summed E-state index contributed by atoms with van der Waals surface area (Å²) in [4.78, 5) is 12.8. The summed E-state index contributed by atoms with van der Waals surface area (Å²) in [6.45, 7) is 0. The van der Waals surface area contributed by atoms with Gasteiger partial charge in [0.2, 0.25) is 0 Å². The van der Waals surface area contributed by atoms with Crippen molar-refractivity contribution in [2.75, 3.05) is 14.1 Å². The number of quaternary nitrogens is 1. The standard InChI is InChI=1S/C13H15NO/c1-14(2)11-7-6-10-13(15)12-8-4-3-5-9-12/h3-11H,1-2H3/p+1/b10-6+,11-7+. The van der Waals surface area contributed by atoms with E-state index >= 15 is 0 Å². The Hall–Kier alpha value is -1.67. The average Bonchev–Trinajstić information content (AvgIpc) is 2.25. The number of benzene rings is 1. The highest BCUT2D eigenvalue weighted by Crippen LogP contribution is 2.00. The van der Waals surface area contributed by atoms with Crippen molar-refractivity contribution in [2.45, 2.75) is 0 Å². The molecule has 1 aromatic carbocycles. The molecule has 0 aliphatic rings. The van der Waals surface area contributed by atoms with Crippen LogP contribution in [-0.4, -0.2) is 19.9 Å². The minimum absolute atomic E-state index is 0.0361. The van der Waals surface area contributed by atoms with Gasteiger partial charge in [-0.15, -0.1) is 0 Å². The molecule has 0 spiro atoms. The Labute approximate surface area is 90.5 Å². The van der Waals surface area contributed by atoms with Crippen LogP contribution in [0.15, 0.2) is 54.8 Å². The first-order chi connectivity index (χ1) is 7.20. The monoisotopic (exact) mass is 202 g/mol. The molecule has 0 heterocycles. The Balaban J connectivity index is 2.57. The molecule has 0 amide bonds. The van der Waals surface area contributed by atoms with Crippen molar-refractivity contribution in [3.63, 3.8) is 0 Å². The molecule has 1 N–H and O–H groups in total. The first-order valence-electron chi connectivity index (χ1n) is 4.94. The highest BCUT2D eigenvalue weighted by atomic mass is 16.1. The van der Waals surface area contributed by atoms with Crippen molar-refractivity contribution in [1.29, 1.82) is 0 Å². The van der Waals surface area contributed by atoms with Crippen molar-refractivity contribution in [3.05, 3.63) is 60.3 Å². The summed E-state index contributed by atoms with van der Waals surface area (Å²) in [7, 11) is 4.03. The highest BCUT2D eigenvalue weighted by molar-refractivity contribution is 6.04. The summed E-state index contributed by atoms with van der Waals surface area (Å²) in [5.41, 5.74) is 0.722. The minimum Gasteiger partial charge on any atom is -0.314 e. The highest BCUT2D eigenvalue weighted by Gasteiger charge is 1.97. The number of nitrogens with one attached hydrogen (secondary N) is 1. The van der Waals surface area contributed by atoms with E-state index in [2.05, 4.69) is 0 Å². The topological polar surface area (TPSA) is 21.5 Å². The number of hydrogen-bond donors (Lipinski definition) is 1. The van der Waals surface area contributed by atoms with Crippen molar-refractivity contribution in [3.8, 4) is 0 Å². The summed E-state index contributed by atoms with van der Waals surface area (Å²) >= 11 is 0. The molecular weight excluding hydrogens is 186 g/mol. The Morgan fingerprint density at radius 3 is 2.40 bits per heavy atom.